The van der Waals surface area contributed by atoms with E-state index >= 15 is 0 Å². The van der Waals surface area contributed by atoms with Gasteiger partial charge in [-0.15, -0.1) is 0 Å². The third kappa shape index (κ3) is 3.65. The van der Waals surface area contributed by atoms with Gasteiger partial charge in [0, 0.05) is 17.7 Å². The van der Waals surface area contributed by atoms with E-state index in [1.807, 2.05) is 4.68 Å². The number of aromatic nitrogens is 2. The summed E-state index contributed by atoms with van der Waals surface area (Å²) in [5, 5.41) is 4.37. The number of halogens is 3. The molecule has 4 nitrogen and oxygen atoms in total. The number of amides is 1. The zero-order chi connectivity index (χ0) is 19.7. The molecule has 0 spiro atoms. The first-order valence-corrected chi connectivity index (χ1v) is 8.96. The first-order chi connectivity index (χ1) is 13.5. The van der Waals surface area contributed by atoms with Crippen LogP contribution in [0.4, 0.5) is 13.2 Å². The molecule has 0 atom stereocenters. The second-order valence-corrected chi connectivity index (χ2v) is 6.77. The van der Waals surface area contributed by atoms with Crippen LogP contribution >= 0.6 is 0 Å². The predicted molar refractivity (Wildman–Crippen MR) is 98.1 cm³/mol. The van der Waals surface area contributed by atoms with Gasteiger partial charge in [0.2, 0.25) is 5.91 Å². The van der Waals surface area contributed by atoms with Gasteiger partial charge in [0.1, 0.15) is 5.82 Å². The number of nitrogens with zero attached hydrogens (tertiary/aromatic N) is 3. The molecule has 0 saturated carbocycles. The van der Waals surface area contributed by atoms with Crippen LogP contribution in [0.5, 0.6) is 0 Å². The molecule has 0 N–H and O–H groups in total. The Balaban J connectivity index is 1.52. The molecule has 3 aromatic rings. The van der Waals surface area contributed by atoms with Gasteiger partial charge in [-0.25, -0.2) is 13.2 Å². The van der Waals surface area contributed by atoms with E-state index in [-0.39, 0.29) is 23.7 Å². The van der Waals surface area contributed by atoms with Crippen LogP contribution in [-0.4, -0.2) is 27.1 Å². The number of carbonyl (C=O) groups is 1. The second kappa shape index (κ2) is 7.50. The van der Waals surface area contributed by atoms with Crippen molar-refractivity contribution in [3.63, 3.8) is 0 Å². The SMILES string of the molecule is O=C(Cc1cccc(C(F)F)c1)N1CCn2ncc(-c3ccc(F)cc3)c2C1. The maximum Gasteiger partial charge on any atom is 0.263 e. The number of alkyl halides is 2. The highest BCUT2D eigenvalue weighted by Gasteiger charge is 2.24. The first-order valence-electron chi connectivity index (χ1n) is 8.96. The highest BCUT2D eigenvalue weighted by molar-refractivity contribution is 5.79. The molecule has 0 bridgehead atoms. The van der Waals surface area contributed by atoms with Crippen LogP contribution in [0.15, 0.2) is 54.7 Å². The summed E-state index contributed by atoms with van der Waals surface area (Å²) >= 11 is 0. The van der Waals surface area contributed by atoms with Gasteiger partial charge < -0.3 is 4.90 Å². The molecule has 7 heteroatoms. The Morgan fingerprint density at radius 1 is 1.11 bits per heavy atom. The molecule has 0 fully saturated rings. The molecule has 144 valence electrons. The van der Waals surface area contributed by atoms with Gasteiger partial charge in [0.25, 0.3) is 6.43 Å². The van der Waals surface area contributed by atoms with E-state index < -0.39 is 6.43 Å². The number of rotatable bonds is 4. The van der Waals surface area contributed by atoms with Crippen LogP contribution in [0.1, 0.15) is 23.2 Å². The van der Waals surface area contributed by atoms with E-state index in [1.165, 1.54) is 24.3 Å². The maximum absolute atomic E-state index is 13.2. The molecule has 2 aromatic carbocycles. The molecule has 4 rings (SSSR count). The lowest BCUT2D eigenvalue weighted by molar-refractivity contribution is -0.132. The lowest BCUT2D eigenvalue weighted by atomic mass is 10.0. The van der Waals surface area contributed by atoms with E-state index in [0.717, 1.165) is 16.8 Å². The van der Waals surface area contributed by atoms with E-state index in [2.05, 4.69) is 5.10 Å². The Bertz CT molecular complexity index is 998. The lowest BCUT2D eigenvalue weighted by Gasteiger charge is -2.28. The van der Waals surface area contributed by atoms with Crippen LogP contribution in [-0.2, 0) is 24.3 Å². The van der Waals surface area contributed by atoms with Crippen LogP contribution in [0.2, 0.25) is 0 Å². The Kier molecular flexibility index (Phi) is 4.90. The average molecular weight is 385 g/mol. The van der Waals surface area contributed by atoms with Crippen molar-refractivity contribution in [3.8, 4) is 11.1 Å². The summed E-state index contributed by atoms with van der Waals surface area (Å²) in [6.07, 6.45) is -0.763. The third-order valence-corrected chi connectivity index (χ3v) is 4.94. The van der Waals surface area contributed by atoms with Gasteiger partial charge in [0.05, 0.1) is 31.4 Å². The number of hydrogen-bond acceptors (Lipinski definition) is 2. The fourth-order valence-electron chi connectivity index (χ4n) is 3.45. The summed E-state index contributed by atoms with van der Waals surface area (Å²) < 4.78 is 40.8. The van der Waals surface area contributed by atoms with Gasteiger partial charge in [0.15, 0.2) is 0 Å². The molecule has 1 aliphatic heterocycles. The topological polar surface area (TPSA) is 38.1 Å². The van der Waals surface area contributed by atoms with Crippen molar-refractivity contribution in [2.75, 3.05) is 6.54 Å². The highest BCUT2D eigenvalue weighted by Crippen LogP contribution is 2.27. The molecule has 0 radical (unpaired) electrons. The Labute approximate surface area is 160 Å². The minimum atomic E-state index is -2.56. The zero-order valence-electron chi connectivity index (χ0n) is 15.0. The number of hydrogen-bond donors (Lipinski definition) is 0. The summed E-state index contributed by atoms with van der Waals surface area (Å²) in [5.74, 6) is -0.434. The van der Waals surface area contributed by atoms with Crippen molar-refractivity contribution >= 4 is 5.91 Å². The van der Waals surface area contributed by atoms with Gasteiger partial charge in [-0.2, -0.15) is 5.10 Å². The monoisotopic (exact) mass is 385 g/mol. The summed E-state index contributed by atoms with van der Waals surface area (Å²) in [6, 6.07) is 12.1. The van der Waals surface area contributed by atoms with Crippen molar-refractivity contribution in [1.29, 1.82) is 0 Å². The van der Waals surface area contributed by atoms with E-state index in [9.17, 15) is 18.0 Å². The van der Waals surface area contributed by atoms with Crippen LogP contribution < -0.4 is 0 Å². The maximum atomic E-state index is 13.2. The van der Waals surface area contributed by atoms with Crippen molar-refractivity contribution in [1.82, 2.24) is 14.7 Å². The molecule has 0 saturated heterocycles. The number of fused-ring (bicyclic) bond motifs is 1. The average Bonchev–Trinajstić information content (AvgIpc) is 3.12. The lowest BCUT2D eigenvalue weighted by Crippen LogP contribution is -2.39. The molecular formula is C21H18F3N3O. The largest absolute Gasteiger partial charge is 0.335 e. The van der Waals surface area contributed by atoms with Crippen molar-refractivity contribution in [2.24, 2.45) is 0 Å². The molecular weight excluding hydrogens is 367 g/mol. The van der Waals surface area contributed by atoms with E-state index in [1.54, 1.807) is 35.4 Å². The molecule has 2 heterocycles. The quantitative estimate of drug-likeness (QED) is 0.675. The molecule has 1 aliphatic rings. The van der Waals surface area contributed by atoms with Crippen LogP contribution in [0.3, 0.4) is 0 Å². The minimum Gasteiger partial charge on any atom is -0.335 e. The zero-order valence-corrected chi connectivity index (χ0v) is 15.0. The fourth-order valence-corrected chi connectivity index (χ4v) is 3.45. The van der Waals surface area contributed by atoms with Crippen LogP contribution in [0.25, 0.3) is 11.1 Å². The third-order valence-electron chi connectivity index (χ3n) is 4.94. The highest BCUT2D eigenvalue weighted by atomic mass is 19.3. The predicted octanol–water partition coefficient (Wildman–Crippen LogP) is 4.21. The van der Waals surface area contributed by atoms with Crippen molar-refractivity contribution in [3.05, 3.63) is 77.4 Å². The standard InChI is InChI=1S/C21H18F3N3O/c22-17-6-4-15(5-7-17)18-12-25-27-9-8-26(13-19(18)27)20(28)11-14-2-1-3-16(10-14)21(23)24/h1-7,10,12,21H,8-9,11,13H2. The molecule has 1 aromatic heterocycles. The second-order valence-electron chi connectivity index (χ2n) is 6.77. The number of benzene rings is 2. The summed E-state index contributed by atoms with van der Waals surface area (Å²) in [7, 11) is 0. The van der Waals surface area contributed by atoms with Crippen molar-refractivity contribution in [2.45, 2.75) is 25.9 Å². The fraction of sp³-hybridized carbons (Fsp3) is 0.238. The van der Waals surface area contributed by atoms with Gasteiger partial charge >= 0.3 is 0 Å². The first kappa shape index (κ1) is 18.3. The Morgan fingerprint density at radius 3 is 2.64 bits per heavy atom. The van der Waals surface area contributed by atoms with Crippen molar-refractivity contribution < 1.29 is 18.0 Å². The smallest absolute Gasteiger partial charge is 0.263 e. The van der Waals surface area contributed by atoms with Gasteiger partial charge in [-0.1, -0.05) is 30.3 Å². The molecule has 28 heavy (non-hydrogen) atoms. The normalized spacial score (nSPS) is 13.6. The Morgan fingerprint density at radius 2 is 1.89 bits per heavy atom. The van der Waals surface area contributed by atoms with E-state index in [0.29, 0.717) is 25.2 Å². The van der Waals surface area contributed by atoms with E-state index in [4.69, 9.17) is 0 Å². The molecule has 1 amide bonds. The minimum absolute atomic E-state index is 0.0700. The summed E-state index contributed by atoms with van der Waals surface area (Å²) in [5.41, 5.74) is 3.06. The molecule has 0 unspecified atom stereocenters. The summed E-state index contributed by atoms with van der Waals surface area (Å²) in [4.78, 5) is 14.4. The van der Waals surface area contributed by atoms with Crippen LogP contribution in [0, 0.1) is 5.82 Å². The Hall–Kier alpha value is -3.09. The number of carbonyl (C=O) groups excluding carboxylic acids is 1. The van der Waals surface area contributed by atoms with Gasteiger partial charge in [-0.3, -0.25) is 9.48 Å². The molecule has 0 aliphatic carbocycles. The van der Waals surface area contributed by atoms with Gasteiger partial charge in [-0.05, 0) is 29.3 Å². The summed E-state index contributed by atoms with van der Waals surface area (Å²) in [6.45, 7) is 1.43.